The van der Waals surface area contributed by atoms with Crippen molar-refractivity contribution in [1.82, 2.24) is 0 Å². The van der Waals surface area contributed by atoms with Crippen LogP contribution in [0.3, 0.4) is 0 Å². The van der Waals surface area contributed by atoms with Gasteiger partial charge in [-0.25, -0.2) is 0 Å². The van der Waals surface area contributed by atoms with Crippen molar-refractivity contribution in [2.45, 2.75) is 39.2 Å². The van der Waals surface area contributed by atoms with Crippen LogP contribution in [0.25, 0.3) is 10.4 Å². The molecule has 0 aliphatic carbocycles. The van der Waals surface area contributed by atoms with E-state index in [0.717, 1.165) is 12.8 Å². The molecule has 0 amide bonds. The lowest BCUT2D eigenvalue weighted by Gasteiger charge is -2.19. The quantitative estimate of drug-likeness (QED) is 0.300. The van der Waals surface area contributed by atoms with E-state index in [-0.39, 0.29) is 24.0 Å². The number of azide groups is 1. The number of rotatable bonds is 4. The van der Waals surface area contributed by atoms with Crippen LogP contribution in [0.5, 0.6) is 0 Å². The molecule has 0 saturated carbocycles. The van der Waals surface area contributed by atoms with Crippen LogP contribution in [0.2, 0.25) is 0 Å². The molecule has 1 aliphatic heterocycles. The minimum absolute atomic E-state index is 0.138. The van der Waals surface area contributed by atoms with Crippen LogP contribution in [0, 0.1) is 5.41 Å². The largest absolute Gasteiger partial charge is 0.462 e. The molecule has 1 heterocycles. The predicted molar refractivity (Wildman–Crippen MR) is 51.5 cm³/mol. The van der Waals surface area contributed by atoms with E-state index < -0.39 is 0 Å². The summed E-state index contributed by atoms with van der Waals surface area (Å²) in [6.07, 6.45) is 2.03. The van der Waals surface area contributed by atoms with Gasteiger partial charge in [0.25, 0.3) is 0 Å². The second-order valence-corrected chi connectivity index (χ2v) is 3.63. The molecule has 0 spiro atoms. The Labute approximate surface area is 83.1 Å². The fraction of sp³-hybridized carbons (Fsp3) is 0.889. The number of ether oxygens (including phenoxy) is 1. The summed E-state index contributed by atoms with van der Waals surface area (Å²) in [5, 5.41) is 3.43. The van der Waals surface area contributed by atoms with Crippen molar-refractivity contribution < 1.29 is 9.53 Å². The van der Waals surface area contributed by atoms with Gasteiger partial charge in [0.05, 0.1) is 12.0 Å². The van der Waals surface area contributed by atoms with E-state index >= 15 is 0 Å². The highest BCUT2D eigenvalue weighted by atomic mass is 16.6. The normalized spacial score (nSPS) is 24.1. The van der Waals surface area contributed by atoms with E-state index in [2.05, 4.69) is 10.0 Å². The number of carbonyl (C=O) groups is 1. The highest BCUT2D eigenvalue weighted by Gasteiger charge is 2.45. The Balaban J connectivity index is 2.67. The second-order valence-electron chi connectivity index (χ2n) is 3.63. The van der Waals surface area contributed by atoms with Crippen molar-refractivity contribution in [2.24, 2.45) is 10.5 Å². The third-order valence-corrected chi connectivity index (χ3v) is 3.03. The van der Waals surface area contributed by atoms with Gasteiger partial charge >= 0.3 is 5.97 Å². The van der Waals surface area contributed by atoms with E-state index in [1.807, 2.05) is 13.8 Å². The average molecular weight is 197 g/mol. The Bertz CT molecular complexity index is 267. The summed E-state index contributed by atoms with van der Waals surface area (Å²) in [5.41, 5.74) is 7.82. The molecule has 1 atom stereocenters. The molecule has 78 valence electrons. The van der Waals surface area contributed by atoms with Gasteiger partial charge in [0.2, 0.25) is 0 Å². The van der Waals surface area contributed by atoms with Crippen LogP contribution in [0.15, 0.2) is 5.11 Å². The smallest absolute Gasteiger partial charge is 0.312 e. The fourth-order valence-corrected chi connectivity index (χ4v) is 1.89. The number of carbonyl (C=O) groups excluding carboxylic acids is 1. The summed E-state index contributed by atoms with van der Waals surface area (Å²) in [7, 11) is 0. The van der Waals surface area contributed by atoms with Gasteiger partial charge in [0.15, 0.2) is 0 Å². The Morgan fingerprint density at radius 1 is 1.64 bits per heavy atom. The summed E-state index contributed by atoms with van der Waals surface area (Å²) >= 11 is 0. The summed E-state index contributed by atoms with van der Waals surface area (Å²) < 4.78 is 5.16. The van der Waals surface area contributed by atoms with Crippen molar-refractivity contribution in [2.75, 3.05) is 6.54 Å². The molecule has 0 bridgehead atoms. The summed E-state index contributed by atoms with van der Waals surface area (Å²) in [4.78, 5) is 14.2. The van der Waals surface area contributed by atoms with Gasteiger partial charge in [0.1, 0.15) is 6.10 Å². The molecule has 1 aliphatic rings. The van der Waals surface area contributed by atoms with Gasteiger partial charge in [-0.3, -0.25) is 4.79 Å². The lowest BCUT2D eigenvalue weighted by Crippen LogP contribution is -2.24. The molecule has 1 saturated heterocycles. The van der Waals surface area contributed by atoms with E-state index in [4.69, 9.17) is 10.3 Å². The lowest BCUT2D eigenvalue weighted by atomic mass is 9.80. The predicted octanol–water partition coefficient (Wildman–Crippen LogP) is 2.42. The number of cyclic esters (lactones) is 1. The van der Waals surface area contributed by atoms with E-state index in [1.165, 1.54) is 0 Å². The van der Waals surface area contributed by atoms with E-state index in [0.29, 0.717) is 6.42 Å². The zero-order valence-electron chi connectivity index (χ0n) is 8.56. The molecule has 1 unspecified atom stereocenters. The molecule has 0 aromatic carbocycles. The Hall–Kier alpha value is -1.22. The summed E-state index contributed by atoms with van der Waals surface area (Å²) in [6.45, 7) is 4.23. The zero-order chi connectivity index (χ0) is 10.6. The van der Waals surface area contributed by atoms with Gasteiger partial charge < -0.3 is 4.74 Å². The Kier molecular flexibility index (Phi) is 3.36. The number of esters is 1. The Morgan fingerprint density at radius 2 is 2.29 bits per heavy atom. The number of hydrogen-bond donors (Lipinski definition) is 0. The van der Waals surface area contributed by atoms with Gasteiger partial charge in [-0.2, -0.15) is 0 Å². The molecule has 0 radical (unpaired) electrons. The number of hydrogen-bond acceptors (Lipinski definition) is 3. The molecule has 0 N–H and O–H groups in total. The highest BCUT2D eigenvalue weighted by Crippen LogP contribution is 2.40. The van der Waals surface area contributed by atoms with Gasteiger partial charge in [-0.05, 0) is 18.4 Å². The van der Waals surface area contributed by atoms with Crippen LogP contribution in [-0.4, -0.2) is 18.6 Å². The fourth-order valence-electron chi connectivity index (χ4n) is 1.89. The average Bonchev–Trinajstić information content (AvgIpc) is 2.53. The maximum Gasteiger partial charge on any atom is 0.312 e. The van der Waals surface area contributed by atoms with Crippen LogP contribution in [0.1, 0.15) is 33.1 Å². The first-order valence-corrected chi connectivity index (χ1v) is 4.90. The van der Waals surface area contributed by atoms with Crippen LogP contribution >= 0.6 is 0 Å². The molecule has 1 fully saturated rings. The van der Waals surface area contributed by atoms with Crippen LogP contribution in [-0.2, 0) is 9.53 Å². The van der Waals surface area contributed by atoms with Gasteiger partial charge in [0, 0.05) is 11.3 Å². The van der Waals surface area contributed by atoms with E-state index in [1.54, 1.807) is 0 Å². The van der Waals surface area contributed by atoms with Crippen LogP contribution < -0.4 is 0 Å². The first-order valence-electron chi connectivity index (χ1n) is 4.90. The minimum Gasteiger partial charge on any atom is -0.462 e. The molecule has 5 nitrogen and oxygen atoms in total. The third-order valence-electron chi connectivity index (χ3n) is 3.03. The van der Waals surface area contributed by atoms with Gasteiger partial charge in [-0.15, -0.1) is 0 Å². The molecule has 0 aromatic heterocycles. The van der Waals surface area contributed by atoms with Crippen molar-refractivity contribution in [3.05, 3.63) is 10.4 Å². The van der Waals surface area contributed by atoms with E-state index in [9.17, 15) is 4.79 Å². The molecular weight excluding hydrogens is 182 g/mol. The SMILES string of the molecule is CCC1(CC)CC(CN=[N+]=[N-])OC1=O. The molecule has 14 heavy (non-hydrogen) atoms. The maximum atomic E-state index is 11.6. The monoisotopic (exact) mass is 197 g/mol. The lowest BCUT2D eigenvalue weighted by molar-refractivity contribution is -0.148. The minimum atomic E-state index is -0.338. The molecule has 0 aromatic rings. The van der Waals surface area contributed by atoms with Crippen LogP contribution in [0.4, 0.5) is 0 Å². The number of nitrogens with zero attached hydrogens (tertiary/aromatic N) is 3. The summed E-state index contributed by atoms with van der Waals surface area (Å²) in [6, 6.07) is 0. The zero-order valence-corrected chi connectivity index (χ0v) is 8.56. The maximum absolute atomic E-state index is 11.6. The topological polar surface area (TPSA) is 75.1 Å². The molecule has 5 heteroatoms. The van der Waals surface area contributed by atoms with Crippen molar-refractivity contribution in [3.63, 3.8) is 0 Å². The molecule has 1 rings (SSSR count). The second kappa shape index (κ2) is 4.33. The molecular formula is C9H15N3O2. The van der Waals surface area contributed by atoms with Crippen molar-refractivity contribution >= 4 is 5.97 Å². The Morgan fingerprint density at radius 3 is 2.71 bits per heavy atom. The van der Waals surface area contributed by atoms with Crippen molar-refractivity contribution in [3.8, 4) is 0 Å². The highest BCUT2D eigenvalue weighted by molar-refractivity contribution is 5.79. The standard InChI is InChI=1S/C9H15N3O2/c1-3-9(4-2)5-7(6-11-12-10)14-8(9)13/h7H,3-6H2,1-2H3. The van der Waals surface area contributed by atoms with Crippen molar-refractivity contribution in [1.29, 1.82) is 0 Å². The third kappa shape index (κ3) is 1.82. The van der Waals surface area contributed by atoms with Gasteiger partial charge in [-0.1, -0.05) is 19.0 Å². The summed E-state index contributed by atoms with van der Waals surface area (Å²) in [5.74, 6) is -0.138. The first-order chi connectivity index (χ1) is 6.68. The first kappa shape index (κ1) is 10.9.